The van der Waals surface area contributed by atoms with Crippen LogP contribution < -0.4 is 0 Å². The molecule has 0 unspecified atom stereocenters. The van der Waals surface area contributed by atoms with E-state index in [1.807, 2.05) is 12.3 Å². The lowest BCUT2D eigenvalue weighted by atomic mass is 9.60. The minimum Gasteiger partial charge on any atom is -0.453 e. The van der Waals surface area contributed by atoms with Crippen molar-refractivity contribution < 1.29 is 4.42 Å². The lowest BCUT2D eigenvalue weighted by molar-refractivity contribution is 0.329. The molecular weight excluding hydrogens is 354 g/mol. The van der Waals surface area contributed by atoms with Gasteiger partial charge in [0.15, 0.2) is 5.58 Å². The van der Waals surface area contributed by atoms with Gasteiger partial charge in [0, 0.05) is 22.5 Å². The van der Waals surface area contributed by atoms with Gasteiger partial charge in [0.1, 0.15) is 11.3 Å². The number of pyridine rings is 1. The van der Waals surface area contributed by atoms with Crippen molar-refractivity contribution in [3.8, 4) is 11.3 Å². The molecule has 0 bridgehead atoms. The lowest BCUT2D eigenvalue weighted by Gasteiger charge is -2.44. The Morgan fingerprint density at radius 3 is 2.07 bits per heavy atom. The molecule has 4 aromatic rings. The molecule has 0 fully saturated rings. The van der Waals surface area contributed by atoms with Gasteiger partial charge in [-0.15, -0.1) is 0 Å². The van der Waals surface area contributed by atoms with Crippen LogP contribution >= 0.6 is 0 Å². The highest BCUT2D eigenvalue weighted by molar-refractivity contribution is 6.11. The highest BCUT2D eigenvalue weighted by atomic mass is 16.3. The van der Waals surface area contributed by atoms with Crippen molar-refractivity contribution in [3.05, 3.63) is 64.8 Å². The molecule has 0 amide bonds. The molecule has 1 aliphatic rings. The summed E-state index contributed by atoms with van der Waals surface area (Å²) < 4.78 is 6.61. The fourth-order valence-electron chi connectivity index (χ4n) is 5.64. The van der Waals surface area contributed by atoms with Crippen LogP contribution in [0, 0.1) is 13.8 Å². The number of rotatable bonds is 1. The summed E-state index contributed by atoms with van der Waals surface area (Å²) in [4.78, 5) is 4.69. The molecule has 1 aliphatic carbocycles. The van der Waals surface area contributed by atoms with Gasteiger partial charge in [0.25, 0.3) is 0 Å². The van der Waals surface area contributed by atoms with E-state index in [9.17, 15) is 0 Å². The van der Waals surface area contributed by atoms with Crippen molar-refractivity contribution in [2.24, 2.45) is 0 Å². The van der Waals surface area contributed by atoms with Crippen LogP contribution in [0.2, 0.25) is 0 Å². The largest absolute Gasteiger partial charge is 0.453 e. The first-order valence-electron chi connectivity index (χ1n) is 10.6. The highest BCUT2D eigenvalue weighted by Gasteiger charge is 2.41. The fourth-order valence-corrected chi connectivity index (χ4v) is 5.64. The summed E-state index contributed by atoms with van der Waals surface area (Å²) in [6, 6.07) is 12.5. The van der Waals surface area contributed by atoms with Gasteiger partial charge < -0.3 is 4.42 Å². The Kier molecular flexibility index (Phi) is 3.78. The monoisotopic (exact) mass is 383 g/mol. The molecule has 2 aromatic heterocycles. The van der Waals surface area contributed by atoms with Crippen LogP contribution in [0.25, 0.3) is 33.2 Å². The van der Waals surface area contributed by atoms with E-state index in [4.69, 9.17) is 9.40 Å². The van der Waals surface area contributed by atoms with Crippen molar-refractivity contribution in [1.29, 1.82) is 0 Å². The quantitative estimate of drug-likeness (QED) is 0.338. The number of fused-ring (bicyclic) bond motifs is 4. The van der Waals surface area contributed by atoms with Gasteiger partial charge >= 0.3 is 0 Å². The van der Waals surface area contributed by atoms with E-state index < -0.39 is 0 Å². The van der Waals surface area contributed by atoms with E-state index in [0.717, 1.165) is 22.4 Å². The summed E-state index contributed by atoms with van der Waals surface area (Å²) in [6.07, 6.45) is 4.34. The molecule has 0 aliphatic heterocycles. The van der Waals surface area contributed by atoms with Crippen molar-refractivity contribution in [1.82, 2.24) is 4.98 Å². The van der Waals surface area contributed by atoms with Crippen molar-refractivity contribution >= 4 is 21.9 Å². The Labute approximate surface area is 173 Å². The maximum Gasteiger partial charge on any atom is 0.161 e. The summed E-state index contributed by atoms with van der Waals surface area (Å²) in [5.74, 6) is 0. The number of benzene rings is 2. The average molecular weight is 384 g/mol. The van der Waals surface area contributed by atoms with E-state index >= 15 is 0 Å². The second kappa shape index (κ2) is 5.95. The summed E-state index contributed by atoms with van der Waals surface area (Å²) in [7, 11) is 0. The van der Waals surface area contributed by atoms with E-state index in [1.54, 1.807) is 0 Å². The molecule has 2 aromatic carbocycles. The van der Waals surface area contributed by atoms with Crippen molar-refractivity contribution in [2.75, 3.05) is 0 Å². The minimum atomic E-state index is 0.160. The molecular formula is C27H29NO. The number of hydrogen-bond acceptors (Lipinski definition) is 2. The average Bonchev–Trinajstić information content (AvgIpc) is 3.09. The minimum absolute atomic E-state index is 0.160. The normalized spacial score (nSPS) is 17.6. The Balaban J connectivity index is 1.95. The van der Waals surface area contributed by atoms with E-state index in [2.05, 4.69) is 71.9 Å². The van der Waals surface area contributed by atoms with Gasteiger partial charge in [-0.3, -0.25) is 4.98 Å². The second-order valence-electron chi connectivity index (χ2n) is 9.98. The highest BCUT2D eigenvalue weighted by Crippen LogP contribution is 2.52. The predicted octanol–water partition coefficient (Wildman–Crippen LogP) is 7.61. The number of aromatic nitrogens is 1. The first-order valence-corrected chi connectivity index (χ1v) is 10.6. The number of furan rings is 1. The van der Waals surface area contributed by atoms with Crippen LogP contribution in [0.3, 0.4) is 0 Å². The SMILES string of the molecule is Cc1c2c(c(C)c3c1oc1c(-c4ccccc4)nccc13)C(C)(C)CCC2(C)C. The maximum atomic E-state index is 6.61. The number of hydrogen-bond donors (Lipinski definition) is 0. The third-order valence-corrected chi connectivity index (χ3v) is 7.10. The lowest BCUT2D eigenvalue weighted by Crippen LogP contribution is -2.35. The van der Waals surface area contributed by atoms with Gasteiger partial charge in [-0.25, -0.2) is 0 Å². The summed E-state index contributed by atoms with van der Waals surface area (Å²) >= 11 is 0. The smallest absolute Gasteiger partial charge is 0.161 e. The van der Waals surface area contributed by atoms with Crippen LogP contribution in [0.4, 0.5) is 0 Å². The van der Waals surface area contributed by atoms with Crippen LogP contribution in [0.5, 0.6) is 0 Å². The van der Waals surface area contributed by atoms with Crippen molar-refractivity contribution in [2.45, 2.75) is 65.2 Å². The number of aryl methyl sites for hydroxylation is 2. The van der Waals surface area contributed by atoms with E-state index in [0.29, 0.717) is 0 Å². The van der Waals surface area contributed by atoms with Gasteiger partial charge in [-0.2, -0.15) is 0 Å². The third-order valence-electron chi connectivity index (χ3n) is 7.10. The Morgan fingerprint density at radius 1 is 0.793 bits per heavy atom. The molecule has 148 valence electrons. The van der Waals surface area contributed by atoms with Crippen molar-refractivity contribution in [3.63, 3.8) is 0 Å². The first kappa shape index (κ1) is 18.4. The van der Waals surface area contributed by atoms with Gasteiger partial charge in [0.2, 0.25) is 0 Å². The van der Waals surface area contributed by atoms with E-state index in [-0.39, 0.29) is 10.8 Å². The Morgan fingerprint density at radius 2 is 1.41 bits per heavy atom. The summed E-state index contributed by atoms with van der Waals surface area (Å²) in [6.45, 7) is 14.1. The molecule has 0 saturated heterocycles. The summed E-state index contributed by atoms with van der Waals surface area (Å²) in [5, 5.41) is 2.44. The summed E-state index contributed by atoms with van der Waals surface area (Å²) in [5.41, 5.74) is 9.99. The zero-order valence-corrected chi connectivity index (χ0v) is 18.3. The topological polar surface area (TPSA) is 26.0 Å². The number of nitrogens with zero attached hydrogens (tertiary/aromatic N) is 1. The molecule has 2 heterocycles. The Bertz CT molecular complexity index is 1260. The van der Waals surface area contributed by atoms with Crippen LogP contribution in [0.15, 0.2) is 47.0 Å². The first-order chi connectivity index (χ1) is 13.7. The zero-order valence-electron chi connectivity index (χ0n) is 18.3. The van der Waals surface area contributed by atoms with Gasteiger partial charge in [0.05, 0.1) is 0 Å². The van der Waals surface area contributed by atoms with Gasteiger partial charge in [-0.1, -0.05) is 58.0 Å². The molecule has 0 saturated carbocycles. The molecule has 0 spiro atoms. The van der Waals surface area contributed by atoms with Crippen LogP contribution in [-0.4, -0.2) is 4.98 Å². The predicted molar refractivity (Wildman–Crippen MR) is 122 cm³/mol. The molecule has 0 radical (unpaired) electrons. The van der Waals surface area contributed by atoms with Crippen LogP contribution in [-0.2, 0) is 10.8 Å². The standard InChI is InChI=1S/C27H29NO/c1-16-20-19-12-15-28-23(18-10-8-7-9-11-18)25(19)29-24(20)17(2)22-21(16)26(3,4)13-14-27(22,5)6/h7-12,15H,13-14H2,1-6H3. The molecule has 2 nitrogen and oxygen atoms in total. The van der Waals surface area contributed by atoms with Gasteiger partial charge in [-0.05, 0) is 65.8 Å². The molecule has 0 N–H and O–H groups in total. The Hall–Kier alpha value is -2.61. The molecule has 0 atom stereocenters. The zero-order chi connectivity index (χ0) is 20.6. The maximum absolute atomic E-state index is 6.61. The third kappa shape index (κ3) is 2.51. The molecule has 29 heavy (non-hydrogen) atoms. The second-order valence-corrected chi connectivity index (χ2v) is 9.98. The van der Waals surface area contributed by atoms with E-state index in [1.165, 1.54) is 45.9 Å². The fraction of sp³-hybridized carbons (Fsp3) is 0.370. The van der Waals surface area contributed by atoms with Crippen LogP contribution in [0.1, 0.15) is 62.8 Å². The molecule has 5 rings (SSSR count). The molecule has 2 heteroatoms.